The third-order valence-electron chi connectivity index (χ3n) is 4.59. The lowest BCUT2D eigenvalue weighted by molar-refractivity contribution is 0.0959. The van der Waals surface area contributed by atoms with Crippen LogP contribution in [0.3, 0.4) is 0 Å². The molecule has 1 amide bonds. The first kappa shape index (κ1) is 19.5. The van der Waals surface area contributed by atoms with Gasteiger partial charge in [0, 0.05) is 4.88 Å². The molecule has 1 aromatic carbocycles. The van der Waals surface area contributed by atoms with Crippen LogP contribution in [0.5, 0.6) is 0 Å². The Morgan fingerprint density at radius 3 is 2.44 bits per heavy atom. The standard InChI is InChI=1S/C18H15F5N2OS/c1-2-8-3-4-11-9(5-8)6-12(27-11)18(26)25-24-7-10-13(19)15(21)17(23)16(22)14(10)20/h6-8H,2-5H2,1H3,(H,25,26)/t8-/m1/s1. The number of carbonyl (C=O) groups is 1. The number of aryl methyl sites for hydroxylation is 1. The number of halogens is 5. The first-order chi connectivity index (χ1) is 12.8. The third-order valence-corrected chi connectivity index (χ3v) is 5.83. The summed E-state index contributed by atoms with van der Waals surface area (Å²) in [5, 5.41) is 3.34. The fraction of sp³-hybridized carbons (Fsp3) is 0.333. The van der Waals surface area contributed by atoms with Gasteiger partial charge in [-0.15, -0.1) is 11.3 Å². The van der Waals surface area contributed by atoms with Gasteiger partial charge in [0.1, 0.15) is 0 Å². The van der Waals surface area contributed by atoms with Crippen LogP contribution in [-0.2, 0) is 12.8 Å². The molecular formula is C18H15F5N2OS. The molecular weight excluding hydrogens is 387 g/mol. The van der Waals surface area contributed by atoms with Gasteiger partial charge in [-0.25, -0.2) is 27.4 Å². The second-order valence-corrected chi connectivity index (χ2v) is 7.40. The van der Waals surface area contributed by atoms with E-state index in [0.29, 0.717) is 17.0 Å². The highest BCUT2D eigenvalue weighted by molar-refractivity contribution is 7.14. The topological polar surface area (TPSA) is 41.5 Å². The van der Waals surface area contributed by atoms with Crippen molar-refractivity contribution in [2.24, 2.45) is 11.0 Å². The number of thiophene rings is 1. The van der Waals surface area contributed by atoms with Gasteiger partial charge >= 0.3 is 0 Å². The van der Waals surface area contributed by atoms with Gasteiger partial charge in [0.2, 0.25) is 5.82 Å². The number of fused-ring (bicyclic) bond motifs is 1. The predicted octanol–water partition coefficient (Wildman–Crippen LogP) is 4.72. The SMILES string of the molecule is CC[C@@H]1CCc2sc(C(=O)NN=Cc3c(F)c(F)c(F)c(F)c3F)cc2C1. The number of benzene rings is 1. The highest BCUT2D eigenvalue weighted by Gasteiger charge is 2.25. The molecule has 27 heavy (non-hydrogen) atoms. The van der Waals surface area contributed by atoms with Crippen LogP contribution >= 0.6 is 11.3 Å². The molecule has 3 rings (SSSR count). The van der Waals surface area contributed by atoms with Gasteiger partial charge in [0.25, 0.3) is 5.91 Å². The molecule has 0 unspecified atom stereocenters. The molecule has 0 radical (unpaired) electrons. The molecule has 3 nitrogen and oxygen atoms in total. The van der Waals surface area contributed by atoms with Crippen LogP contribution < -0.4 is 5.43 Å². The average Bonchev–Trinajstić information content (AvgIpc) is 3.10. The third kappa shape index (κ3) is 3.73. The Labute approximate surface area is 155 Å². The quantitative estimate of drug-likeness (QED) is 0.260. The lowest BCUT2D eigenvalue weighted by atomic mass is 9.87. The monoisotopic (exact) mass is 402 g/mol. The number of hydrogen-bond acceptors (Lipinski definition) is 3. The molecule has 0 fully saturated rings. The molecule has 1 aliphatic carbocycles. The summed E-state index contributed by atoms with van der Waals surface area (Å²) < 4.78 is 66.4. The lowest BCUT2D eigenvalue weighted by Gasteiger charge is -2.19. The minimum Gasteiger partial charge on any atom is -0.266 e. The Morgan fingerprint density at radius 2 is 1.81 bits per heavy atom. The molecule has 2 aromatic rings. The fourth-order valence-corrected chi connectivity index (χ4v) is 4.10. The van der Waals surface area contributed by atoms with Crippen molar-refractivity contribution in [2.75, 3.05) is 0 Å². The van der Waals surface area contributed by atoms with E-state index in [1.807, 2.05) is 0 Å². The lowest BCUT2D eigenvalue weighted by Crippen LogP contribution is -2.17. The summed E-state index contributed by atoms with van der Waals surface area (Å²) in [5.41, 5.74) is 1.94. The zero-order valence-electron chi connectivity index (χ0n) is 14.2. The average molecular weight is 402 g/mol. The van der Waals surface area contributed by atoms with Crippen molar-refractivity contribution in [3.8, 4) is 0 Å². The van der Waals surface area contributed by atoms with Gasteiger partial charge in [-0.1, -0.05) is 13.3 Å². The van der Waals surface area contributed by atoms with E-state index in [1.165, 1.54) is 11.3 Å². The van der Waals surface area contributed by atoms with E-state index in [2.05, 4.69) is 17.5 Å². The summed E-state index contributed by atoms with van der Waals surface area (Å²) in [7, 11) is 0. The highest BCUT2D eigenvalue weighted by Crippen LogP contribution is 2.33. The van der Waals surface area contributed by atoms with Crippen LogP contribution in [0.4, 0.5) is 22.0 Å². The smallest absolute Gasteiger partial charge is 0.266 e. The van der Waals surface area contributed by atoms with Crippen LogP contribution in [0.1, 0.15) is 45.4 Å². The van der Waals surface area contributed by atoms with E-state index in [0.717, 1.165) is 36.1 Å². The predicted molar refractivity (Wildman–Crippen MR) is 91.4 cm³/mol. The molecule has 0 spiro atoms. The Hall–Kier alpha value is -2.29. The van der Waals surface area contributed by atoms with E-state index < -0.39 is 40.6 Å². The molecule has 1 aliphatic rings. The summed E-state index contributed by atoms with van der Waals surface area (Å²) >= 11 is 1.31. The Bertz CT molecular complexity index is 896. The van der Waals surface area contributed by atoms with Crippen molar-refractivity contribution in [2.45, 2.75) is 32.6 Å². The summed E-state index contributed by atoms with van der Waals surface area (Å²) in [6.07, 6.45) is 4.30. The molecule has 144 valence electrons. The molecule has 0 saturated heterocycles. The van der Waals surface area contributed by atoms with Gasteiger partial charge in [-0.2, -0.15) is 5.10 Å². The van der Waals surface area contributed by atoms with E-state index in [4.69, 9.17) is 0 Å². The minimum absolute atomic E-state index is 0.381. The number of nitrogens with one attached hydrogen (secondary N) is 1. The molecule has 0 bridgehead atoms. The van der Waals surface area contributed by atoms with Crippen molar-refractivity contribution >= 4 is 23.5 Å². The summed E-state index contributed by atoms with van der Waals surface area (Å²) in [5.74, 6) is -10.4. The number of carbonyl (C=O) groups excluding carboxylic acids is 1. The van der Waals surface area contributed by atoms with Crippen LogP contribution in [0.2, 0.25) is 0 Å². The molecule has 9 heteroatoms. The van der Waals surface area contributed by atoms with E-state index in [1.54, 1.807) is 6.07 Å². The highest BCUT2D eigenvalue weighted by atomic mass is 32.1. The Balaban J connectivity index is 1.75. The van der Waals surface area contributed by atoms with Gasteiger partial charge in [-0.3, -0.25) is 4.79 Å². The zero-order valence-corrected chi connectivity index (χ0v) is 15.0. The molecule has 1 atom stereocenters. The molecule has 0 aliphatic heterocycles. The van der Waals surface area contributed by atoms with Crippen molar-refractivity contribution in [3.63, 3.8) is 0 Å². The second kappa shape index (κ2) is 7.75. The number of hydrogen-bond donors (Lipinski definition) is 1. The second-order valence-electron chi connectivity index (χ2n) is 6.26. The Kier molecular flexibility index (Phi) is 5.59. The van der Waals surface area contributed by atoms with Gasteiger partial charge in [-0.05, 0) is 36.8 Å². The normalized spacial score (nSPS) is 16.6. The van der Waals surface area contributed by atoms with Gasteiger partial charge in [0.15, 0.2) is 23.3 Å². The molecule has 1 aromatic heterocycles. The van der Waals surface area contributed by atoms with Crippen LogP contribution in [0, 0.1) is 35.0 Å². The first-order valence-electron chi connectivity index (χ1n) is 8.29. The number of nitrogens with zero attached hydrogens (tertiary/aromatic N) is 1. The minimum atomic E-state index is -2.25. The maximum absolute atomic E-state index is 13.6. The van der Waals surface area contributed by atoms with Crippen molar-refractivity contribution in [3.05, 3.63) is 56.0 Å². The zero-order chi connectivity index (χ0) is 19.7. The maximum Gasteiger partial charge on any atom is 0.281 e. The first-order valence-corrected chi connectivity index (χ1v) is 9.11. The number of hydrazone groups is 1. The summed E-state index contributed by atoms with van der Waals surface area (Å²) in [6, 6.07) is 1.76. The number of rotatable bonds is 4. The number of amides is 1. The van der Waals surface area contributed by atoms with Gasteiger partial charge < -0.3 is 0 Å². The van der Waals surface area contributed by atoms with E-state index in [-0.39, 0.29) is 0 Å². The summed E-state index contributed by atoms with van der Waals surface area (Å²) in [6.45, 7) is 2.11. The fourth-order valence-electron chi connectivity index (χ4n) is 3.01. The van der Waals surface area contributed by atoms with Crippen LogP contribution in [0.15, 0.2) is 11.2 Å². The van der Waals surface area contributed by atoms with Crippen LogP contribution in [-0.4, -0.2) is 12.1 Å². The van der Waals surface area contributed by atoms with Crippen LogP contribution in [0.25, 0.3) is 0 Å². The summed E-state index contributed by atoms with van der Waals surface area (Å²) in [4.78, 5) is 13.7. The van der Waals surface area contributed by atoms with Crippen molar-refractivity contribution < 1.29 is 26.7 Å². The largest absolute Gasteiger partial charge is 0.281 e. The maximum atomic E-state index is 13.6. The van der Waals surface area contributed by atoms with Gasteiger partial charge in [0.05, 0.1) is 16.7 Å². The van der Waals surface area contributed by atoms with Crippen molar-refractivity contribution in [1.29, 1.82) is 0 Å². The molecule has 0 saturated carbocycles. The van der Waals surface area contributed by atoms with Crippen molar-refractivity contribution in [1.82, 2.24) is 5.43 Å². The molecule has 1 N–H and O–H groups in total. The Morgan fingerprint density at radius 1 is 1.19 bits per heavy atom. The molecule has 1 heterocycles. The van der Waals surface area contributed by atoms with E-state index in [9.17, 15) is 26.7 Å². The van der Waals surface area contributed by atoms with E-state index >= 15 is 0 Å².